The van der Waals surface area contributed by atoms with Gasteiger partial charge in [0.2, 0.25) is 0 Å². The minimum absolute atomic E-state index is 0.0526. The molecule has 1 rings (SSSR count). The fourth-order valence-corrected chi connectivity index (χ4v) is 1.45. The summed E-state index contributed by atoms with van der Waals surface area (Å²) >= 11 is 5.80. The first-order valence-corrected chi connectivity index (χ1v) is 5.29. The normalized spacial score (nSPS) is 9.56. The molecule has 0 bridgehead atoms. The molecule has 0 unspecified atom stereocenters. The summed E-state index contributed by atoms with van der Waals surface area (Å²) in [5, 5.41) is 8.96. The van der Waals surface area contributed by atoms with Crippen LogP contribution in [0.5, 0.6) is 5.75 Å². The molecular formula is C12H12ClNO2. The molecule has 84 valence electrons. The Balaban J connectivity index is 2.44. The summed E-state index contributed by atoms with van der Waals surface area (Å²) in [5.74, 6) is 0.614. The molecule has 0 atom stereocenters. The Bertz CT molecular complexity index is 424. The topological polar surface area (TPSA) is 50.1 Å². The predicted molar refractivity (Wildman–Crippen MR) is 61.5 cm³/mol. The Hall–Kier alpha value is -1.53. The van der Waals surface area contributed by atoms with Crippen molar-refractivity contribution in [3.63, 3.8) is 0 Å². The van der Waals surface area contributed by atoms with Crippen LogP contribution in [-0.2, 0) is 4.79 Å². The highest BCUT2D eigenvalue weighted by Gasteiger charge is 2.03. The third kappa shape index (κ3) is 3.92. The number of hydrogen-bond acceptors (Lipinski definition) is 3. The molecule has 16 heavy (non-hydrogen) atoms. The van der Waals surface area contributed by atoms with Crippen molar-refractivity contribution in [2.75, 3.05) is 6.61 Å². The van der Waals surface area contributed by atoms with Gasteiger partial charge in [0.05, 0.1) is 19.1 Å². The number of hydrogen-bond donors (Lipinski definition) is 0. The van der Waals surface area contributed by atoms with E-state index < -0.39 is 0 Å². The highest BCUT2D eigenvalue weighted by atomic mass is 35.5. The summed E-state index contributed by atoms with van der Waals surface area (Å²) in [5.41, 5.74) is 0.931. The molecule has 0 saturated carbocycles. The Kier molecular flexibility index (Phi) is 4.81. The van der Waals surface area contributed by atoms with E-state index in [0.29, 0.717) is 17.4 Å². The molecule has 1 aromatic rings. The van der Waals surface area contributed by atoms with Crippen LogP contribution < -0.4 is 4.74 Å². The molecule has 4 heteroatoms. The van der Waals surface area contributed by atoms with E-state index in [1.165, 1.54) is 0 Å². The first-order chi connectivity index (χ1) is 7.63. The van der Waals surface area contributed by atoms with Crippen molar-refractivity contribution in [3.05, 3.63) is 28.8 Å². The number of rotatable bonds is 5. The third-order valence-electron chi connectivity index (χ3n) is 2.05. The van der Waals surface area contributed by atoms with Crippen molar-refractivity contribution in [2.24, 2.45) is 0 Å². The minimum atomic E-state index is -0.103. The maximum Gasteiger partial charge on any atom is 0.150 e. The summed E-state index contributed by atoms with van der Waals surface area (Å²) in [4.78, 5) is 11.0. The molecule has 1 aromatic carbocycles. The van der Waals surface area contributed by atoms with Gasteiger partial charge in [-0.15, -0.1) is 0 Å². The van der Waals surface area contributed by atoms with Gasteiger partial charge in [0.25, 0.3) is 0 Å². The number of benzene rings is 1. The van der Waals surface area contributed by atoms with Crippen LogP contribution in [0.1, 0.15) is 18.4 Å². The van der Waals surface area contributed by atoms with Gasteiger partial charge in [-0.1, -0.05) is 11.6 Å². The second-order valence-corrected chi connectivity index (χ2v) is 3.82. The Morgan fingerprint density at radius 3 is 2.94 bits per heavy atom. The number of nitriles is 1. The maximum atomic E-state index is 11.0. The summed E-state index contributed by atoms with van der Waals surface area (Å²) in [7, 11) is 0. The number of halogens is 1. The molecule has 0 saturated heterocycles. The molecule has 0 N–H and O–H groups in total. The van der Waals surface area contributed by atoms with E-state index in [2.05, 4.69) is 0 Å². The number of aryl methyl sites for hydroxylation is 1. The van der Waals surface area contributed by atoms with E-state index in [4.69, 9.17) is 21.6 Å². The van der Waals surface area contributed by atoms with Crippen LogP contribution >= 0.6 is 11.6 Å². The first-order valence-electron chi connectivity index (χ1n) is 4.91. The van der Waals surface area contributed by atoms with E-state index >= 15 is 0 Å². The van der Waals surface area contributed by atoms with E-state index in [-0.39, 0.29) is 18.6 Å². The predicted octanol–water partition coefficient (Wildman–Crippen LogP) is 2.90. The molecule has 0 aliphatic carbocycles. The van der Waals surface area contributed by atoms with E-state index in [0.717, 1.165) is 5.56 Å². The minimum Gasteiger partial charge on any atom is -0.493 e. The van der Waals surface area contributed by atoms with Crippen LogP contribution in [0.3, 0.4) is 0 Å². The summed E-state index contributed by atoms with van der Waals surface area (Å²) in [6, 6.07) is 7.12. The van der Waals surface area contributed by atoms with Gasteiger partial charge in [0, 0.05) is 11.4 Å². The lowest BCUT2D eigenvalue weighted by Crippen LogP contribution is -2.05. The van der Waals surface area contributed by atoms with Gasteiger partial charge in [-0.25, -0.2) is 0 Å². The van der Waals surface area contributed by atoms with Gasteiger partial charge in [-0.3, -0.25) is 4.79 Å². The second kappa shape index (κ2) is 6.14. The summed E-state index contributed by atoms with van der Waals surface area (Å²) in [6.07, 6.45) is 0.207. The van der Waals surface area contributed by atoms with Crippen molar-refractivity contribution in [1.82, 2.24) is 0 Å². The number of nitrogens with zero attached hydrogens (tertiary/aromatic N) is 1. The highest BCUT2D eigenvalue weighted by Crippen LogP contribution is 2.21. The average molecular weight is 238 g/mol. The summed E-state index contributed by atoms with van der Waals surface area (Å²) in [6.45, 7) is 2.18. The van der Waals surface area contributed by atoms with Gasteiger partial charge in [-0.2, -0.15) is 5.26 Å². The first kappa shape index (κ1) is 12.5. The van der Waals surface area contributed by atoms with Crippen molar-refractivity contribution in [1.29, 1.82) is 5.26 Å². The van der Waals surface area contributed by atoms with Crippen molar-refractivity contribution in [2.45, 2.75) is 19.8 Å². The lowest BCUT2D eigenvalue weighted by atomic mass is 10.2. The molecular weight excluding hydrogens is 226 g/mol. The number of Topliss-reactive ketones (excluding diaryl/α,β-unsaturated/α-hetero) is 1. The van der Waals surface area contributed by atoms with Crippen LogP contribution in [0, 0.1) is 18.3 Å². The zero-order valence-electron chi connectivity index (χ0n) is 9.00. The lowest BCUT2D eigenvalue weighted by Gasteiger charge is -2.08. The summed E-state index contributed by atoms with van der Waals surface area (Å²) < 4.78 is 5.42. The second-order valence-electron chi connectivity index (χ2n) is 3.38. The van der Waals surface area contributed by atoms with Crippen LogP contribution in [0.4, 0.5) is 0 Å². The Labute approximate surface area is 99.6 Å². The van der Waals surface area contributed by atoms with Crippen molar-refractivity contribution >= 4 is 17.4 Å². The smallest absolute Gasteiger partial charge is 0.150 e. The average Bonchev–Trinajstić information content (AvgIpc) is 2.22. The molecule has 0 aliphatic heterocycles. The quantitative estimate of drug-likeness (QED) is 0.791. The van der Waals surface area contributed by atoms with Crippen LogP contribution in [0.25, 0.3) is 0 Å². The Morgan fingerprint density at radius 2 is 2.31 bits per heavy atom. The van der Waals surface area contributed by atoms with Gasteiger partial charge >= 0.3 is 0 Å². The monoisotopic (exact) mass is 237 g/mol. The molecule has 0 aromatic heterocycles. The van der Waals surface area contributed by atoms with Gasteiger partial charge in [-0.05, 0) is 30.7 Å². The van der Waals surface area contributed by atoms with Crippen LogP contribution in [0.15, 0.2) is 18.2 Å². The van der Waals surface area contributed by atoms with Crippen LogP contribution in [-0.4, -0.2) is 12.4 Å². The molecule has 0 amide bonds. The number of ether oxygens (including phenoxy) is 1. The van der Waals surface area contributed by atoms with E-state index in [1.807, 2.05) is 13.0 Å². The molecule has 0 fully saturated rings. The van der Waals surface area contributed by atoms with Gasteiger partial charge in [0.15, 0.2) is 0 Å². The van der Waals surface area contributed by atoms with Crippen LogP contribution in [0.2, 0.25) is 5.02 Å². The van der Waals surface area contributed by atoms with Crippen molar-refractivity contribution in [3.8, 4) is 11.8 Å². The Morgan fingerprint density at radius 1 is 1.56 bits per heavy atom. The van der Waals surface area contributed by atoms with Crippen molar-refractivity contribution < 1.29 is 9.53 Å². The number of carbonyl (C=O) groups is 1. The maximum absolute atomic E-state index is 11.0. The van der Waals surface area contributed by atoms with E-state index in [9.17, 15) is 4.79 Å². The fraction of sp³-hybridized carbons (Fsp3) is 0.333. The molecule has 0 radical (unpaired) electrons. The fourth-order valence-electron chi connectivity index (χ4n) is 1.23. The zero-order valence-corrected chi connectivity index (χ0v) is 9.75. The lowest BCUT2D eigenvalue weighted by molar-refractivity contribution is -0.118. The van der Waals surface area contributed by atoms with Gasteiger partial charge in [0.1, 0.15) is 11.5 Å². The standard InChI is InChI=1S/C12H12ClNO2/c1-9-8-10(13)2-3-12(9)16-7-5-11(15)4-6-14/h2-3,8H,4-5,7H2,1H3. The number of carbonyl (C=O) groups excluding carboxylic acids is 1. The SMILES string of the molecule is Cc1cc(Cl)ccc1OCCC(=O)CC#N. The highest BCUT2D eigenvalue weighted by molar-refractivity contribution is 6.30. The molecule has 3 nitrogen and oxygen atoms in total. The molecule has 0 aliphatic rings. The largest absolute Gasteiger partial charge is 0.493 e. The molecule has 0 spiro atoms. The zero-order chi connectivity index (χ0) is 12.0. The van der Waals surface area contributed by atoms with Gasteiger partial charge < -0.3 is 4.74 Å². The third-order valence-corrected chi connectivity index (χ3v) is 2.29. The molecule has 0 heterocycles. The van der Waals surface area contributed by atoms with E-state index in [1.54, 1.807) is 18.2 Å². The number of ketones is 1.